The maximum absolute atomic E-state index is 12.6. The van der Waals surface area contributed by atoms with Gasteiger partial charge in [-0.3, -0.25) is 9.59 Å². The molecule has 1 unspecified atom stereocenters. The zero-order valence-electron chi connectivity index (χ0n) is 15.1. The van der Waals surface area contributed by atoms with Gasteiger partial charge in [0.15, 0.2) is 0 Å². The molecule has 1 saturated heterocycles. The van der Waals surface area contributed by atoms with Crippen LogP contribution < -0.4 is 10.2 Å². The number of hydrogen-bond donors (Lipinski definition) is 1. The van der Waals surface area contributed by atoms with E-state index in [1.807, 2.05) is 48.7 Å². The Labute approximate surface area is 167 Å². The Bertz CT molecular complexity index is 1000. The zero-order chi connectivity index (χ0) is 19.5. The Morgan fingerprint density at radius 3 is 2.68 bits per heavy atom. The number of amides is 2. The van der Waals surface area contributed by atoms with Gasteiger partial charge in [0.1, 0.15) is 0 Å². The van der Waals surface area contributed by atoms with E-state index in [4.69, 9.17) is 11.6 Å². The highest BCUT2D eigenvalue weighted by molar-refractivity contribution is 6.33. The predicted octanol–water partition coefficient (Wildman–Crippen LogP) is 3.20. The van der Waals surface area contributed by atoms with Crippen LogP contribution in [-0.2, 0) is 16.1 Å². The fourth-order valence-electron chi connectivity index (χ4n) is 3.29. The Hall–Kier alpha value is -3.12. The SMILES string of the molecule is O=C(NCc1cnn(-c2ccccc2)c1)C1CC(=O)N(c2ccccc2Cl)C1. The largest absolute Gasteiger partial charge is 0.352 e. The van der Waals surface area contributed by atoms with Crippen LogP contribution in [0.2, 0.25) is 5.02 Å². The molecule has 0 spiro atoms. The topological polar surface area (TPSA) is 67.2 Å². The third-order valence-electron chi connectivity index (χ3n) is 4.76. The average molecular weight is 395 g/mol. The summed E-state index contributed by atoms with van der Waals surface area (Å²) in [6.07, 6.45) is 3.79. The monoisotopic (exact) mass is 394 g/mol. The Morgan fingerprint density at radius 1 is 1.14 bits per heavy atom. The summed E-state index contributed by atoms with van der Waals surface area (Å²) < 4.78 is 1.76. The highest BCUT2D eigenvalue weighted by Crippen LogP contribution is 2.31. The summed E-state index contributed by atoms with van der Waals surface area (Å²) in [6.45, 7) is 0.695. The van der Waals surface area contributed by atoms with Gasteiger partial charge in [-0.1, -0.05) is 41.9 Å². The first-order chi connectivity index (χ1) is 13.6. The number of carbonyl (C=O) groups is 2. The number of carbonyl (C=O) groups excluding carboxylic acids is 2. The van der Waals surface area contributed by atoms with Crippen molar-refractivity contribution < 1.29 is 9.59 Å². The molecule has 1 aliphatic heterocycles. The van der Waals surface area contributed by atoms with Crippen LogP contribution in [0, 0.1) is 5.92 Å². The molecule has 3 aromatic rings. The summed E-state index contributed by atoms with van der Waals surface area (Å²) in [7, 11) is 0. The van der Waals surface area contributed by atoms with Crippen LogP contribution in [0.5, 0.6) is 0 Å². The minimum Gasteiger partial charge on any atom is -0.352 e. The van der Waals surface area contributed by atoms with Gasteiger partial charge in [-0.15, -0.1) is 0 Å². The van der Waals surface area contributed by atoms with Crippen molar-refractivity contribution in [3.63, 3.8) is 0 Å². The van der Waals surface area contributed by atoms with Crippen molar-refractivity contribution in [2.45, 2.75) is 13.0 Å². The van der Waals surface area contributed by atoms with E-state index in [0.29, 0.717) is 23.8 Å². The molecule has 28 heavy (non-hydrogen) atoms. The number of nitrogens with zero attached hydrogens (tertiary/aromatic N) is 3. The second kappa shape index (κ2) is 7.86. The van der Waals surface area contributed by atoms with E-state index in [1.165, 1.54) is 0 Å². The van der Waals surface area contributed by atoms with E-state index < -0.39 is 5.92 Å². The summed E-state index contributed by atoms with van der Waals surface area (Å²) in [4.78, 5) is 26.5. The number of benzene rings is 2. The van der Waals surface area contributed by atoms with Gasteiger partial charge in [-0.2, -0.15) is 5.10 Å². The van der Waals surface area contributed by atoms with E-state index in [1.54, 1.807) is 27.9 Å². The van der Waals surface area contributed by atoms with Gasteiger partial charge in [0, 0.05) is 31.3 Å². The van der Waals surface area contributed by atoms with Crippen LogP contribution >= 0.6 is 11.6 Å². The highest BCUT2D eigenvalue weighted by Gasteiger charge is 2.35. The third kappa shape index (κ3) is 3.77. The van der Waals surface area contributed by atoms with Gasteiger partial charge in [-0.05, 0) is 24.3 Å². The van der Waals surface area contributed by atoms with Gasteiger partial charge >= 0.3 is 0 Å². The number of nitrogens with one attached hydrogen (secondary N) is 1. The van der Waals surface area contributed by atoms with Gasteiger partial charge < -0.3 is 10.2 Å². The molecule has 1 N–H and O–H groups in total. The van der Waals surface area contributed by atoms with Crippen LogP contribution in [0.25, 0.3) is 5.69 Å². The van der Waals surface area contributed by atoms with Crippen molar-refractivity contribution in [1.82, 2.24) is 15.1 Å². The molecule has 4 rings (SSSR count). The first-order valence-corrected chi connectivity index (χ1v) is 9.41. The van der Waals surface area contributed by atoms with Crippen molar-refractivity contribution in [3.8, 4) is 5.69 Å². The third-order valence-corrected chi connectivity index (χ3v) is 5.08. The summed E-state index contributed by atoms with van der Waals surface area (Å²) in [5, 5.41) is 7.74. The van der Waals surface area contributed by atoms with Gasteiger partial charge in [0.05, 0.1) is 28.5 Å². The Morgan fingerprint density at radius 2 is 1.89 bits per heavy atom. The van der Waals surface area contributed by atoms with Crippen LogP contribution in [0.3, 0.4) is 0 Å². The molecular formula is C21H19ClN4O2. The molecule has 0 radical (unpaired) electrons. The smallest absolute Gasteiger partial charge is 0.227 e. The standard InChI is InChI=1S/C21H19ClN4O2/c22-18-8-4-5-9-19(18)25-14-16(10-20(25)27)21(28)23-11-15-12-24-26(13-15)17-6-2-1-3-7-17/h1-9,12-13,16H,10-11,14H2,(H,23,28). The van der Waals surface area contributed by atoms with Crippen LogP contribution in [0.1, 0.15) is 12.0 Å². The van der Waals surface area contributed by atoms with E-state index in [9.17, 15) is 9.59 Å². The Balaban J connectivity index is 1.37. The van der Waals surface area contributed by atoms with E-state index in [-0.39, 0.29) is 18.2 Å². The molecule has 0 bridgehead atoms. The molecule has 1 atom stereocenters. The lowest BCUT2D eigenvalue weighted by atomic mass is 10.1. The van der Waals surface area contributed by atoms with Crippen LogP contribution in [0.4, 0.5) is 5.69 Å². The molecule has 0 aliphatic carbocycles. The molecule has 142 valence electrons. The lowest BCUT2D eigenvalue weighted by molar-refractivity contribution is -0.126. The fourth-order valence-corrected chi connectivity index (χ4v) is 3.53. The molecular weight excluding hydrogens is 376 g/mol. The van der Waals surface area contributed by atoms with Crippen molar-refractivity contribution in [1.29, 1.82) is 0 Å². The second-order valence-electron chi connectivity index (χ2n) is 6.70. The summed E-state index contributed by atoms with van der Waals surface area (Å²) >= 11 is 6.19. The quantitative estimate of drug-likeness (QED) is 0.722. The van der Waals surface area contributed by atoms with E-state index in [2.05, 4.69) is 10.4 Å². The molecule has 2 heterocycles. The van der Waals surface area contributed by atoms with Crippen LogP contribution in [-0.4, -0.2) is 28.1 Å². The first kappa shape index (κ1) is 18.3. The summed E-state index contributed by atoms with van der Waals surface area (Å²) in [6, 6.07) is 16.9. The van der Waals surface area contributed by atoms with Crippen LogP contribution in [0.15, 0.2) is 67.0 Å². The number of anilines is 1. The summed E-state index contributed by atoms with van der Waals surface area (Å²) in [5.74, 6) is -0.631. The fraction of sp³-hybridized carbons (Fsp3) is 0.190. The lowest BCUT2D eigenvalue weighted by Crippen LogP contribution is -2.32. The van der Waals surface area contributed by atoms with Crippen molar-refractivity contribution in [3.05, 3.63) is 77.6 Å². The molecule has 1 aromatic heterocycles. The number of para-hydroxylation sites is 2. The maximum atomic E-state index is 12.6. The number of aromatic nitrogens is 2. The normalized spacial score (nSPS) is 16.4. The van der Waals surface area contributed by atoms with Crippen molar-refractivity contribution >= 4 is 29.1 Å². The molecule has 1 aliphatic rings. The van der Waals surface area contributed by atoms with E-state index >= 15 is 0 Å². The molecule has 2 aromatic carbocycles. The summed E-state index contributed by atoms with van der Waals surface area (Å²) in [5.41, 5.74) is 2.50. The number of rotatable bonds is 5. The first-order valence-electron chi connectivity index (χ1n) is 9.03. The van der Waals surface area contributed by atoms with Gasteiger partial charge in [0.25, 0.3) is 0 Å². The molecule has 2 amide bonds. The van der Waals surface area contributed by atoms with E-state index in [0.717, 1.165) is 11.3 Å². The molecule has 7 heteroatoms. The average Bonchev–Trinajstić information content (AvgIpc) is 3.34. The number of halogens is 1. The lowest BCUT2D eigenvalue weighted by Gasteiger charge is -2.18. The van der Waals surface area contributed by atoms with Crippen molar-refractivity contribution in [2.75, 3.05) is 11.4 Å². The van der Waals surface area contributed by atoms with Gasteiger partial charge in [0.2, 0.25) is 11.8 Å². The Kier molecular flexibility index (Phi) is 5.12. The second-order valence-corrected chi connectivity index (χ2v) is 7.11. The molecule has 0 saturated carbocycles. The predicted molar refractivity (Wildman–Crippen MR) is 107 cm³/mol. The minimum atomic E-state index is -0.395. The maximum Gasteiger partial charge on any atom is 0.227 e. The molecule has 1 fully saturated rings. The molecule has 6 nitrogen and oxygen atoms in total. The minimum absolute atomic E-state index is 0.0925. The van der Waals surface area contributed by atoms with Gasteiger partial charge in [-0.25, -0.2) is 4.68 Å². The highest BCUT2D eigenvalue weighted by atomic mass is 35.5. The zero-order valence-corrected chi connectivity index (χ0v) is 15.8. The number of hydrogen-bond acceptors (Lipinski definition) is 3. The van der Waals surface area contributed by atoms with Crippen molar-refractivity contribution in [2.24, 2.45) is 5.92 Å².